The first-order chi connectivity index (χ1) is 8.10. The van der Waals surface area contributed by atoms with Gasteiger partial charge in [-0.1, -0.05) is 12.1 Å². The average Bonchev–Trinajstić information content (AvgIpc) is 2.53. The van der Waals surface area contributed by atoms with Crippen molar-refractivity contribution < 1.29 is 9.53 Å². The predicted octanol–water partition coefficient (Wildman–Crippen LogP) is 2.11. The number of likely N-dealkylation sites (tertiary alicyclic amines) is 1. The third-order valence-corrected chi connectivity index (χ3v) is 3.95. The van der Waals surface area contributed by atoms with Gasteiger partial charge in [0.25, 0.3) is 0 Å². The van der Waals surface area contributed by atoms with Crippen LogP contribution in [-0.2, 0) is 0 Å². The Morgan fingerprint density at radius 1 is 1.41 bits per heavy atom. The number of carbonyl (C=O) groups excluding carboxylic acids is 1. The normalized spacial score (nSPS) is 32.6. The van der Waals surface area contributed by atoms with E-state index in [2.05, 4.69) is 18.9 Å². The first-order valence-electron chi connectivity index (χ1n) is 6.11. The number of benzene rings is 1. The van der Waals surface area contributed by atoms with Gasteiger partial charge in [-0.2, -0.15) is 0 Å². The lowest BCUT2D eigenvalue weighted by Crippen LogP contribution is -2.43. The minimum atomic E-state index is -0.292. The van der Waals surface area contributed by atoms with Crippen molar-refractivity contribution in [2.45, 2.75) is 31.4 Å². The van der Waals surface area contributed by atoms with Crippen molar-refractivity contribution in [1.82, 2.24) is 4.90 Å². The first-order valence-corrected chi connectivity index (χ1v) is 6.11. The Morgan fingerprint density at radius 3 is 2.88 bits per heavy atom. The SMILES string of the molecule is CC1CC2(CC(=O)c3ccccc3O2)CN1C. The second-order valence-electron chi connectivity index (χ2n) is 5.35. The third kappa shape index (κ3) is 1.65. The van der Waals surface area contributed by atoms with Crippen LogP contribution in [0.1, 0.15) is 30.1 Å². The van der Waals surface area contributed by atoms with Gasteiger partial charge in [-0.05, 0) is 26.1 Å². The number of Topliss-reactive ketones (excluding diaryl/α,β-unsaturated/α-hetero) is 1. The molecule has 2 heterocycles. The average molecular weight is 231 g/mol. The van der Waals surface area contributed by atoms with Crippen LogP contribution in [0.5, 0.6) is 5.75 Å². The Morgan fingerprint density at radius 2 is 2.18 bits per heavy atom. The van der Waals surface area contributed by atoms with E-state index in [1.165, 1.54) is 0 Å². The maximum absolute atomic E-state index is 12.2. The van der Waals surface area contributed by atoms with Crippen molar-refractivity contribution in [2.75, 3.05) is 13.6 Å². The zero-order valence-corrected chi connectivity index (χ0v) is 10.3. The van der Waals surface area contributed by atoms with Gasteiger partial charge in [-0.3, -0.25) is 9.69 Å². The van der Waals surface area contributed by atoms with Crippen LogP contribution in [0.4, 0.5) is 0 Å². The molecule has 3 heteroatoms. The second-order valence-corrected chi connectivity index (χ2v) is 5.35. The molecule has 0 amide bonds. The van der Waals surface area contributed by atoms with E-state index in [9.17, 15) is 4.79 Å². The molecule has 2 aliphatic heterocycles. The number of hydrogen-bond donors (Lipinski definition) is 0. The fraction of sp³-hybridized carbons (Fsp3) is 0.500. The van der Waals surface area contributed by atoms with Gasteiger partial charge in [-0.15, -0.1) is 0 Å². The molecule has 0 N–H and O–H groups in total. The van der Waals surface area contributed by atoms with E-state index in [1.54, 1.807) is 0 Å². The highest BCUT2D eigenvalue weighted by Crippen LogP contribution is 2.40. The van der Waals surface area contributed by atoms with Gasteiger partial charge in [-0.25, -0.2) is 0 Å². The summed E-state index contributed by atoms with van der Waals surface area (Å²) in [5.74, 6) is 0.973. The standard InChI is InChI=1S/C14H17NO2/c1-10-7-14(9-15(10)2)8-12(16)11-5-3-4-6-13(11)17-14/h3-6,10H,7-9H2,1-2H3. The third-order valence-electron chi connectivity index (χ3n) is 3.95. The molecule has 3 nitrogen and oxygen atoms in total. The fourth-order valence-electron chi connectivity index (χ4n) is 3.01. The number of rotatable bonds is 0. The fourth-order valence-corrected chi connectivity index (χ4v) is 3.01. The molecule has 17 heavy (non-hydrogen) atoms. The summed E-state index contributed by atoms with van der Waals surface area (Å²) < 4.78 is 6.13. The van der Waals surface area contributed by atoms with E-state index in [-0.39, 0.29) is 11.4 Å². The second kappa shape index (κ2) is 3.57. The summed E-state index contributed by atoms with van der Waals surface area (Å²) in [6.45, 7) is 3.03. The van der Waals surface area contributed by atoms with Crippen LogP contribution in [0.15, 0.2) is 24.3 Å². The van der Waals surface area contributed by atoms with Crippen molar-refractivity contribution in [3.8, 4) is 5.75 Å². The number of hydrogen-bond acceptors (Lipinski definition) is 3. The van der Waals surface area contributed by atoms with Crippen molar-refractivity contribution in [2.24, 2.45) is 0 Å². The molecule has 3 rings (SSSR count). The van der Waals surface area contributed by atoms with E-state index in [0.717, 1.165) is 24.3 Å². The molecule has 0 radical (unpaired) electrons. The zero-order valence-electron chi connectivity index (χ0n) is 10.3. The molecule has 1 spiro atoms. The van der Waals surface area contributed by atoms with Crippen LogP contribution in [0.25, 0.3) is 0 Å². The minimum absolute atomic E-state index is 0.217. The number of ketones is 1. The number of ether oxygens (including phenoxy) is 1. The molecule has 0 aromatic heterocycles. The maximum Gasteiger partial charge on any atom is 0.170 e. The van der Waals surface area contributed by atoms with Gasteiger partial charge in [0.2, 0.25) is 0 Å². The molecule has 1 saturated heterocycles. The smallest absolute Gasteiger partial charge is 0.170 e. The lowest BCUT2D eigenvalue weighted by Gasteiger charge is -2.34. The molecular formula is C14H17NO2. The Balaban J connectivity index is 1.97. The summed E-state index contributed by atoms with van der Waals surface area (Å²) in [7, 11) is 2.09. The summed E-state index contributed by atoms with van der Waals surface area (Å²) >= 11 is 0. The molecule has 1 aromatic rings. The minimum Gasteiger partial charge on any atom is -0.485 e. The molecule has 1 fully saturated rings. The Bertz CT molecular complexity index is 459. The van der Waals surface area contributed by atoms with Crippen LogP contribution in [0.2, 0.25) is 0 Å². The molecule has 2 unspecified atom stereocenters. The summed E-state index contributed by atoms with van der Waals surface area (Å²) in [6, 6.07) is 8.05. The van der Waals surface area contributed by atoms with Crippen molar-refractivity contribution in [3.05, 3.63) is 29.8 Å². The molecule has 90 valence electrons. The molecule has 0 saturated carbocycles. The van der Waals surface area contributed by atoms with Gasteiger partial charge in [0.15, 0.2) is 5.78 Å². The zero-order chi connectivity index (χ0) is 12.0. The summed E-state index contributed by atoms with van der Waals surface area (Å²) in [5.41, 5.74) is 0.444. The van der Waals surface area contributed by atoms with Crippen LogP contribution in [-0.4, -0.2) is 35.9 Å². The van der Waals surface area contributed by atoms with Gasteiger partial charge >= 0.3 is 0 Å². The lowest BCUT2D eigenvalue weighted by atomic mass is 9.88. The number of likely N-dealkylation sites (N-methyl/N-ethyl adjacent to an activating group) is 1. The largest absolute Gasteiger partial charge is 0.485 e. The van der Waals surface area contributed by atoms with E-state index in [4.69, 9.17) is 4.74 Å². The number of carbonyl (C=O) groups is 1. The topological polar surface area (TPSA) is 29.5 Å². The van der Waals surface area contributed by atoms with E-state index >= 15 is 0 Å². The monoisotopic (exact) mass is 231 g/mol. The van der Waals surface area contributed by atoms with Crippen molar-refractivity contribution >= 4 is 5.78 Å². The maximum atomic E-state index is 12.2. The number of nitrogens with zero attached hydrogens (tertiary/aromatic N) is 1. The van der Waals surface area contributed by atoms with Crippen molar-refractivity contribution in [3.63, 3.8) is 0 Å². The van der Waals surface area contributed by atoms with Gasteiger partial charge in [0, 0.05) is 19.0 Å². The first kappa shape index (κ1) is 10.8. The highest BCUT2D eigenvalue weighted by atomic mass is 16.5. The quantitative estimate of drug-likeness (QED) is 0.685. The van der Waals surface area contributed by atoms with Crippen molar-refractivity contribution in [1.29, 1.82) is 0 Å². The number of para-hydroxylation sites is 1. The highest BCUT2D eigenvalue weighted by Gasteiger charge is 2.47. The number of fused-ring (bicyclic) bond motifs is 1. The summed E-state index contributed by atoms with van der Waals surface area (Å²) in [4.78, 5) is 14.4. The van der Waals surface area contributed by atoms with Gasteiger partial charge in [0.05, 0.1) is 12.0 Å². The molecule has 1 aromatic carbocycles. The molecule has 0 bridgehead atoms. The highest BCUT2D eigenvalue weighted by molar-refractivity contribution is 6.00. The van der Waals surface area contributed by atoms with E-state index in [0.29, 0.717) is 12.5 Å². The van der Waals surface area contributed by atoms with Gasteiger partial charge in [0.1, 0.15) is 11.4 Å². The predicted molar refractivity (Wildman–Crippen MR) is 65.5 cm³/mol. The van der Waals surface area contributed by atoms with E-state index in [1.807, 2.05) is 24.3 Å². The molecule has 2 aliphatic rings. The van der Waals surface area contributed by atoms with Crippen LogP contribution < -0.4 is 4.74 Å². The molecule has 2 atom stereocenters. The van der Waals surface area contributed by atoms with Crippen LogP contribution >= 0.6 is 0 Å². The Kier molecular flexibility index (Phi) is 2.26. The van der Waals surface area contributed by atoms with E-state index < -0.39 is 0 Å². The summed E-state index contributed by atoms with van der Waals surface area (Å²) in [5, 5.41) is 0. The van der Waals surface area contributed by atoms with Crippen LogP contribution in [0.3, 0.4) is 0 Å². The lowest BCUT2D eigenvalue weighted by molar-refractivity contribution is 0.0474. The van der Waals surface area contributed by atoms with Crippen LogP contribution in [0, 0.1) is 0 Å². The Labute approximate surface area is 101 Å². The Hall–Kier alpha value is -1.35. The molecule has 0 aliphatic carbocycles. The van der Waals surface area contributed by atoms with Gasteiger partial charge < -0.3 is 4.74 Å². The molecular weight excluding hydrogens is 214 g/mol. The summed E-state index contributed by atoms with van der Waals surface area (Å²) in [6.07, 6.45) is 1.45.